The number of ether oxygens (including phenoxy) is 3. The van der Waals surface area contributed by atoms with Crippen molar-refractivity contribution in [2.24, 2.45) is 0 Å². The van der Waals surface area contributed by atoms with E-state index in [1.807, 2.05) is 0 Å². The van der Waals surface area contributed by atoms with E-state index in [9.17, 15) is 0 Å². The third kappa shape index (κ3) is 7.58. The lowest BCUT2D eigenvalue weighted by Crippen LogP contribution is -2.10. The number of anilines is 3. The minimum Gasteiger partial charge on any atom is -0.373 e. The summed E-state index contributed by atoms with van der Waals surface area (Å²) in [6.07, 6.45) is 7.74. The predicted molar refractivity (Wildman–Crippen MR) is 191 cm³/mol. The van der Waals surface area contributed by atoms with Crippen molar-refractivity contribution in [2.45, 2.75) is 50.9 Å². The minimum atomic E-state index is 0.258. The number of benzene rings is 5. The Kier molecular flexibility index (Phi) is 8.48. The molecule has 0 aliphatic carbocycles. The van der Waals surface area contributed by atoms with E-state index < -0.39 is 0 Å². The molecule has 4 nitrogen and oxygen atoms in total. The zero-order valence-electron chi connectivity index (χ0n) is 27.0. The van der Waals surface area contributed by atoms with Crippen LogP contribution in [0.5, 0.6) is 0 Å². The fraction of sp³-hybridized carbons (Fsp3) is 0.256. The molecule has 4 heteroatoms. The molecule has 3 saturated heterocycles. The Hall–Kier alpha value is -4.48. The van der Waals surface area contributed by atoms with Gasteiger partial charge in [0.25, 0.3) is 0 Å². The van der Waals surface area contributed by atoms with Gasteiger partial charge in [0.1, 0.15) is 6.10 Å². The fourth-order valence-corrected chi connectivity index (χ4v) is 6.27. The molecule has 3 fully saturated rings. The molecule has 3 aliphatic rings. The summed E-state index contributed by atoms with van der Waals surface area (Å²) in [5.74, 6) is 0. The first kappa shape index (κ1) is 29.9. The number of nitrogens with zero attached hydrogens (tertiary/aromatic N) is 1. The lowest BCUT2D eigenvalue weighted by Gasteiger charge is -2.26. The number of rotatable bonds is 13. The SMILES string of the molecule is Cc1ccc(C(=Cc2ccc(N(c3ccc(CCC4CO4)cc3)c3ccc(CCC4CO4)cc3)cc2)c2ccc(C3CO3)cc2)cc1. The minimum absolute atomic E-state index is 0.258. The highest BCUT2D eigenvalue weighted by molar-refractivity contribution is 5.92. The van der Waals surface area contributed by atoms with Crippen molar-refractivity contribution in [1.82, 2.24) is 0 Å². The summed E-state index contributed by atoms with van der Waals surface area (Å²) < 4.78 is 16.4. The predicted octanol–water partition coefficient (Wildman–Crippen LogP) is 9.79. The zero-order valence-corrected chi connectivity index (χ0v) is 27.0. The van der Waals surface area contributed by atoms with Crippen LogP contribution in [0.15, 0.2) is 121 Å². The van der Waals surface area contributed by atoms with Gasteiger partial charge in [-0.05, 0) is 114 Å². The molecule has 8 rings (SSSR count). The Morgan fingerprint density at radius 3 is 1.47 bits per heavy atom. The van der Waals surface area contributed by atoms with Crippen LogP contribution in [0.3, 0.4) is 0 Å². The summed E-state index contributed by atoms with van der Waals surface area (Å²) in [7, 11) is 0. The van der Waals surface area contributed by atoms with Crippen LogP contribution in [0.25, 0.3) is 11.6 Å². The normalized spacial score (nSPS) is 19.8. The highest BCUT2D eigenvalue weighted by Crippen LogP contribution is 2.37. The average Bonchev–Trinajstić information content (AvgIpc) is 3.96. The van der Waals surface area contributed by atoms with E-state index in [1.165, 1.54) is 39.0 Å². The van der Waals surface area contributed by atoms with Crippen molar-refractivity contribution >= 4 is 28.7 Å². The molecular weight excluding hydrogens is 578 g/mol. The largest absolute Gasteiger partial charge is 0.373 e. The van der Waals surface area contributed by atoms with E-state index >= 15 is 0 Å². The molecule has 3 atom stereocenters. The summed E-state index contributed by atoms with van der Waals surface area (Å²) in [4.78, 5) is 2.36. The first-order chi connectivity index (χ1) is 23.1. The van der Waals surface area contributed by atoms with Crippen LogP contribution in [-0.2, 0) is 27.1 Å². The van der Waals surface area contributed by atoms with Gasteiger partial charge in [0.15, 0.2) is 0 Å². The van der Waals surface area contributed by atoms with Gasteiger partial charge < -0.3 is 19.1 Å². The van der Waals surface area contributed by atoms with E-state index in [2.05, 4.69) is 139 Å². The van der Waals surface area contributed by atoms with Crippen LogP contribution in [0.1, 0.15) is 57.9 Å². The number of aryl methyl sites for hydroxylation is 3. The Bertz CT molecular complexity index is 1750. The van der Waals surface area contributed by atoms with Crippen molar-refractivity contribution in [3.8, 4) is 0 Å². The van der Waals surface area contributed by atoms with Crippen molar-refractivity contribution in [3.05, 3.63) is 160 Å². The molecule has 47 heavy (non-hydrogen) atoms. The van der Waals surface area contributed by atoms with Crippen molar-refractivity contribution in [2.75, 3.05) is 24.7 Å². The molecule has 0 bridgehead atoms. The highest BCUT2D eigenvalue weighted by Gasteiger charge is 2.25. The van der Waals surface area contributed by atoms with Crippen molar-refractivity contribution in [1.29, 1.82) is 0 Å². The summed E-state index contributed by atoms with van der Waals surface area (Å²) in [6.45, 7) is 4.78. The van der Waals surface area contributed by atoms with Crippen molar-refractivity contribution < 1.29 is 14.2 Å². The summed E-state index contributed by atoms with van der Waals surface area (Å²) in [5.41, 5.74) is 13.4. The van der Waals surface area contributed by atoms with Gasteiger partial charge in [0, 0.05) is 17.1 Å². The quantitative estimate of drug-likeness (QED) is 0.0972. The molecule has 0 saturated carbocycles. The van der Waals surface area contributed by atoms with Crippen LogP contribution < -0.4 is 4.90 Å². The van der Waals surface area contributed by atoms with Gasteiger partial charge in [-0.1, -0.05) is 90.5 Å². The number of epoxide rings is 3. The van der Waals surface area contributed by atoms with E-state index in [-0.39, 0.29) is 6.10 Å². The summed E-state index contributed by atoms with van der Waals surface area (Å²) in [6, 6.07) is 44.7. The van der Waals surface area contributed by atoms with E-state index in [0.29, 0.717) is 12.2 Å². The molecular formula is C43H41NO3. The summed E-state index contributed by atoms with van der Waals surface area (Å²) >= 11 is 0. The van der Waals surface area contributed by atoms with Gasteiger partial charge in [-0.3, -0.25) is 0 Å². The monoisotopic (exact) mass is 619 g/mol. The molecule has 5 aromatic rings. The van der Waals surface area contributed by atoms with Gasteiger partial charge in [-0.2, -0.15) is 0 Å². The maximum absolute atomic E-state index is 5.51. The van der Waals surface area contributed by atoms with E-state index in [1.54, 1.807) is 0 Å². The fourth-order valence-electron chi connectivity index (χ4n) is 6.27. The van der Waals surface area contributed by atoms with Gasteiger partial charge in [-0.25, -0.2) is 0 Å². The molecule has 5 aromatic carbocycles. The van der Waals surface area contributed by atoms with Crippen LogP contribution >= 0.6 is 0 Å². The molecule has 236 valence electrons. The lowest BCUT2D eigenvalue weighted by molar-refractivity contribution is 0.396. The Morgan fingerprint density at radius 2 is 1.02 bits per heavy atom. The molecule has 3 aliphatic heterocycles. The number of hydrogen-bond acceptors (Lipinski definition) is 4. The second-order valence-corrected chi connectivity index (χ2v) is 13.1. The molecule has 0 N–H and O–H groups in total. The van der Waals surface area contributed by atoms with Crippen LogP contribution in [0.4, 0.5) is 17.1 Å². The maximum Gasteiger partial charge on any atom is 0.106 e. The second kappa shape index (κ2) is 13.3. The Labute approximate surface area is 278 Å². The maximum atomic E-state index is 5.51. The highest BCUT2D eigenvalue weighted by atomic mass is 16.6. The molecule has 3 unspecified atom stereocenters. The van der Waals surface area contributed by atoms with Gasteiger partial charge >= 0.3 is 0 Å². The Balaban J connectivity index is 1.10. The molecule has 0 spiro atoms. The molecule has 3 heterocycles. The van der Waals surface area contributed by atoms with Gasteiger partial charge in [0.05, 0.1) is 32.0 Å². The second-order valence-electron chi connectivity index (χ2n) is 13.1. The van der Waals surface area contributed by atoms with E-state index in [4.69, 9.17) is 14.2 Å². The topological polar surface area (TPSA) is 40.8 Å². The average molecular weight is 620 g/mol. The third-order valence-electron chi connectivity index (χ3n) is 9.46. The molecule has 0 aromatic heterocycles. The first-order valence-electron chi connectivity index (χ1n) is 17.0. The summed E-state index contributed by atoms with van der Waals surface area (Å²) in [5, 5.41) is 0. The first-order valence-corrected chi connectivity index (χ1v) is 17.0. The number of hydrogen-bond donors (Lipinski definition) is 0. The van der Waals surface area contributed by atoms with Crippen molar-refractivity contribution in [3.63, 3.8) is 0 Å². The lowest BCUT2D eigenvalue weighted by atomic mass is 9.94. The van der Waals surface area contributed by atoms with Crippen LogP contribution in [0.2, 0.25) is 0 Å². The van der Waals surface area contributed by atoms with Crippen LogP contribution in [-0.4, -0.2) is 32.0 Å². The van der Waals surface area contributed by atoms with Gasteiger partial charge in [0.2, 0.25) is 0 Å². The zero-order chi connectivity index (χ0) is 31.6. The smallest absolute Gasteiger partial charge is 0.106 e. The molecule has 0 amide bonds. The third-order valence-corrected chi connectivity index (χ3v) is 9.46. The van der Waals surface area contributed by atoms with Gasteiger partial charge in [-0.15, -0.1) is 0 Å². The van der Waals surface area contributed by atoms with E-state index in [0.717, 1.165) is 68.1 Å². The standard InChI is InChI=1S/C43H41NO3/c1-30-2-12-34(13-3-30)42(35-14-16-36(17-15-35)43-29-47-43)26-33-8-22-39(23-9-33)44(37-18-4-31(5-19-37)10-24-40-27-45-40)38-20-6-32(7-21-38)11-25-41-28-46-41/h2-9,12-23,26,40-41,43H,10-11,24-25,27-29H2,1H3. The van der Waals surface area contributed by atoms with Crippen LogP contribution in [0, 0.1) is 6.92 Å². The molecule has 0 radical (unpaired) electrons. The Morgan fingerprint density at radius 1 is 0.574 bits per heavy atom.